The van der Waals surface area contributed by atoms with Crippen molar-refractivity contribution in [3.8, 4) is 10.8 Å². The molecule has 0 spiro atoms. The number of hydrogen-bond acceptors (Lipinski definition) is 8. The molecule has 0 bridgehead atoms. The fraction of sp³-hybridized carbons (Fsp3) is 0.312. The summed E-state index contributed by atoms with van der Waals surface area (Å²) in [5, 5.41) is 7.48. The molecular weight excluding hydrogens is 356 g/mol. The first-order chi connectivity index (χ1) is 12.3. The van der Waals surface area contributed by atoms with E-state index in [-0.39, 0.29) is 5.91 Å². The minimum atomic E-state index is -0.203. The first kappa shape index (κ1) is 16.2. The van der Waals surface area contributed by atoms with Gasteiger partial charge in [0.2, 0.25) is 0 Å². The van der Waals surface area contributed by atoms with Crippen molar-refractivity contribution >= 4 is 33.7 Å². The number of anilines is 1. The average molecular weight is 372 g/mol. The molecule has 0 aromatic carbocycles. The van der Waals surface area contributed by atoms with Crippen molar-refractivity contribution in [1.29, 1.82) is 0 Å². The van der Waals surface area contributed by atoms with E-state index in [0.717, 1.165) is 25.9 Å². The van der Waals surface area contributed by atoms with Crippen molar-refractivity contribution in [2.45, 2.75) is 18.8 Å². The van der Waals surface area contributed by atoms with Crippen LogP contribution in [0.3, 0.4) is 0 Å². The summed E-state index contributed by atoms with van der Waals surface area (Å²) < 4.78 is 0. The van der Waals surface area contributed by atoms with E-state index in [1.165, 1.54) is 16.2 Å². The van der Waals surface area contributed by atoms with Gasteiger partial charge < -0.3 is 5.32 Å². The molecule has 9 heteroatoms. The maximum absolute atomic E-state index is 12.4. The summed E-state index contributed by atoms with van der Waals surface area (Å²) in [6.45, 7) is 2.07. The summed E-state index contributed by atoms with van der Waals surface area (Å²) in [6, 6.07) is 1.74. The molecule has 4 heterocycles. The minimum Gasteiger partial charge on any atom is -0.317 e. The Morgan fingerprint density at radius 1 is 1.08 bits per heavy atom. The molecule has 1 aliphatic rings. The number of hydrogen-bond donors (Lipinski definition) is 2. The molecule has 4 rings (SSSR count). The van der Waals surface area contributed by atoms with Gasteiger partial charge in [0.1, 0.15) is 4.88 Å². The quantitative estimate of drug-likeness (QED) is 0.731. The van der Waals surface area contributed by atoms with Crippen LogP contribution in [0, 0.1) is 0 Å². The normalized spacial score (nSPS) is 15.2. The van der Waals surface area contributed by atoms with Gasteiger partial charge in [0.05, 0.1) is 6.20 Å². The van der Waals surface area contributed by atoms with Crippen LogP contribution in [0.2, 0.25) is 0 Å². The van der Waals surface area contributed by atoms with Gasteiger partial charge in [-0.15, -0.1) is 22.7 Å². The second-order valence-corrected chi connectivity index (χ2v) is 7.74. The third kappa shape index (κ3) is 3.73. The first-order valence-electron chi connectivity index (χ1n) is 8.00. The van der Waals surface area contributed by atoms with Crippen LogP contribution in [0.25, 0.3) is 10.8 Å². The number of rotatable bonds is 4. The maximum Gasteiger partial charge on any atom is 0.269 e. The molecule has 1 aliphatic heterocycles. The highest BCUT2D eigenvalue weighted by atomic mass is 32.1. The van der Waals surface area contributed by atoms with E-state index in [2.05, 4.69) is 30.6 Å². The molecule has 0 aliphatic carbocycles. The number of carbonyl (C=O) groups excluding carboxylic acids is 1. The monoisotopic (exact) mass is 372 g/mol. The zero-order valence-electron chi connectivity index (χ0n) is 13.3. The van der Waals surface area contributed by atoms with Crippen LogP contribution < -0.4 is 10.6 Å². The molecule has 0 radical (unpaired) electrons. The Morgan fingerprint density at radius 3 is 2.68 bits per heavy atom. The SMILES string of the molecule is O=C(Nc1ncc(C2CCNCC2)s1)c1cnc(-c2ncccn2)s1. The Kier molecular flexibility index (Phi) is 4.77. The highest BCUT2D eigenvalue weighted by Crippen LogP contribution is 2.32. The maximum atomic E-state index is 12.4. The van der Waals surface area contributed by atoms with Crippen LogP contribution in [0.15, 0.2) is 30.9 Å². The van der Waals surface area contributed by atoms with E-state index in [1.807, 2.05) is 6.20 Å². The lowest BCUT2D eigenvalue weighted by molar-refractivity contribution is 0.103. The largest absolute Gasteiger partial charge is 0.317 e. The summed E-state index contributed by atoms with van der Waals surface area (Å²) >= 11 is 2.82. The van der Waals surface area contributed by atoms with E-state index in [0.29, 0.717) is 26.8 Å². The van der Waals surface area contributed by atoms with Gasteiger partial charge in [-0.05, 0) is 37.9 Å². The molecule has 3 aromatic heterocycles. The summed E-state index contributed by atoms with van der Waals surface area (Å²) in [6.07, 6.45) is 8.97. The lowest BCUT2D eigenvalue weighted by Gasteiger charge is -2.20. The molecule has 1 saturated heterocycles. The second kappa shape index (κ2) is 7.34. The summed E-state index contributed by atoms with van der Waals surface area (Å²) in [4.78, 5) is 31.1. The molecule has 0 unspecified atom stereocenters. The zero-order chi connectivity index (χ0) is 17.1. The Hall–Kier alpha value is -2.23. The lowest BCUT2D eigenvalue weighted by atomic mass is 9.97. The molecule has 1 amide bonds. The minimum absolute atomic E-state index is 0.203. The van der Waals surface area contributed by atoms with Crippen LogP contribution >= 0.6 is 22.7 Å². The first-order valence-corrected chi connectivity index (χ1v) is 9.64. The van der Waals surface area contributed by atoms with E-state index >= 15 is 0 Å². The van der Waals surface area contributed by atoms with Crippen molar-refractivity contribution in [3.63, 3.8) is 0 Å². The Morgan fingerprint density at radius 2 is 1.88 bits per heavy atom. The summed E-state index contributed by atoms with van der Waals surface area (Å²) in [5.41, 5.74) is 0. The Bertz CT molecular complexity index is 856. The number of piperidine rings is 1. The summed E-state index contributed by atoms with van der Waals surface area (Å²) in [5.74, 6) is 0.856. The van der Waals surface area contributed by atoms with Crippen molar-refractivity contribution in [2.24, 2.45) is 0 Å². The zero-order valence-corrected chi connectivity index (χ0v) is 14.9. The highest BCUT2D eigenvalue weighted by Gasteiger charge is 2.19. The molecule has 128 valence electrons. The average Bonchev–Trinajstić information content (AvgIpc) is 3.33. The van der Waals surface area contributed by atoms with Crippen molar-refractivity contribution in [2.75, 3.05) is 18.4 Å². The van der Waals surface area contributed by atoms with Gasteiger partial charge in [-0.25, -0.2) is 19.9 Å². The Labute approximate surface area is 152 Å². The van der Waals surface area contributed by atoms with Gasteiger partial charge in [-0.2, -0.15) is 0 Å². The van der Waals surface area contributed by atoms with Gasteiger partial charge in [-0.3, -0.25) is 10.1 Å². The topological polar surface area (TPSA) is 92.7 Å². The van der Waals surface area contributed by atoms with Crippen LogP contribution in [0.5, 0.6) is 0 Å². The van der Waals surface area contributed by atoms with Crippen molar-refractivity contribution in [3.05, 3.63) is 40.6 Å². The smallest absolute Gasteiger partial charge is 0.269 e. The van der Waals surface area contributed by atoms with Crippen LogP contribution in [0.1, 0.15) is 33.3 Å². The van der Waals surface area contributed by atoms with Crippen molar-refractivity contribution in [1.82, 2.24) is 25.3 Å². The van der Waals surface area contributed by atoms with E-state index in [1.54, 1.807) is 36.0 Å². The molecule has 3 aromatic rings. The van der Waals surface area contributed by atoms with E-state index in [4.69, 9.17) is 0 Å². The molecular formula is C16H16N6OS2. The fourth-order valence-electron chi connectivity index (χ4n) is 2.69. The van der Waals surface area contributed by atoms with Crippen molar-refractivity contribution < 1.29 is 4.79 Å². The molecule has 7 nitrogen and oxygen atoms in total. The number of aromatic nitrogens is 4. The van der Waals surface area contributed by atoms with Crippen LogP contribution in [-0.4, -0.2) is 38.9 Å². The standard InChI is InChI=1S/C16H16N6OS2/c23-14(12-9-20-15(24-12)13-18-4-1-5-19-13)22-16-21-8-11(25-16)10-2-6-17-7-3-10/h1,4-5,8-10,17H,2-3,6-7H2,(H,21,22,23). The molecule has 0 saturated carbocycles. The predicted molar refractivity (Wildman–Crippen MR) is 98.1 cm³/mol. The number of amides is 1. The van der Waals surface area contributed by atoms with E-state index in [9.17, 15) is 4.79 Å². The van der Waals surface area contributed by atoms with Gasteiger partial charge >= 0.3 is 0 Å². The van der Waals surface area contributed by atoms with E-state index < -0.39 is 0 Å². The number of thiazole rings is 2. The van der Waals surface area contributed by atoms with Gasteiger partial charge in [-0.1, -0.05) is 0 Å². The third-order valence-corrected chi connectivity index (χ3v) is 6.04. The number of nitrogens with one attached hydrogen (secondary N) is 2. The molecule has 25 heavy (non-hydrogen) atoms. The van der Waals surface area contributed by atoms with Gasteiger partial charge in [0.25, 0.3) is 5.91 Å². The van der Waals surface area contributed by atoms with Gasteiger partial charge in [0, 0.05) is 23.5 Å². The van der Waals surface area contributed by atoms with Crippen LogP contribution in [-0.2, 0) is 0 Å². The molecule has 2 N–H and O–H groups in total. The highest BCUT2D eigenvalue weighted by molar-refractivity contribution is 7.17. The molecule has 0 atom stereocenters. The third-order valence-electron chi connectivity index (χ3n) is 3.97. The second-order valence-electron chi connectivity index (χ2n) is 5.65. The lowest BCUT2D eigenvalue weighted by Crippen LogP contribution is -2.26. The number of nitrogens with zero attached hydrogens (tertiary/aromatic N) is 4. The molecule has 1 fully saturated rings. The van der Waals surface area contributed by atoms with Gasteiger partial charge in [0.15, 0.2) is 16.0 Å². The predicted octanol–water partition coefficient (Wildman–Crippen LogP) is 2.78. The summed E-state index contributed by atoms with van der Waals surface area (Å²) in [7, 11) is 0. The Balaban J connectivity index is 1.44. The fourth-order valence-corrected chi connectivity index (χ4v) is 4.43. The van der Waals surface area contributed by atoms with Crippen LogP contribution in [0.4, 0.5) is 5.13 Å². The number of carbonyl (C=O) groups is 1.